The maximum atomic E-state index is 12.6. The van der Waals surface area contributed by atoms with Gasteiger partial charge in [-0.2, -0.15) is 0 Å². The predicted octanol–water partition coefficient (Wildman–Crippen LogP) is 2.93. The summed E-state index contributed by atoms with van der Waals surface area (Å²) in [6, 6.07) is 10.1. The van der Waals surface area contributed by atoms with Crippen molar-refractivity contribution in [3.63, 3.8) is 0 Å². The van der Waals surface area contributed by atoms with Crippen LogP contribution in [0, 0.1) is 11.3 Å². The molecule has 1 aliphatic rings. The van der Waals surface area contributed by atoms with Crippen LogP contribution in [-0.4, -0.2) is 25.5 Å². The molecule has 3 nitrogen and oxygen atoms in total. The highest BCUT2D eigenvalue weighted by atomic mass is 16.1. The van der Waals surface area contributed by atoms with Crippen LogP contribution in [0.3, 0.4) is 0 Å². The molecule has 1 aliphatic heterocycles. The van der Waals surface area contributed by atoms with E-state index in [1.54, 1.807) is 0 Å². The van der Waals surface area contributed by atoms with Crippen LogP contribution < -0.4 is 10.6 Å². The Hall–Kier alpha value is -1.35. The van der Waals surface area contributed by atoms with Crippen molar-refractivity contribution in [2.75, 3.05) is 19.6 Å². The monoisotopic (exact) mass is 288 g/mol. The zero-order chi connectivity index (χ0) is 15.3. The first-order valence-corrected chi connectivity index (χ1v) is 8.05. The van der Waals surface area contributed by atoms with Gasteiger partial charge >= 0.3 is 0 Å². The van der Waals surface area contributed by atoms with Gasteiger partial charge in [0.15, 0.2) is 0 Å². The van der Waals surface area contributed by atoms with Gasteiger partial charge in [0.2, 0.25) is 5.91 Å². The minimum atomic E-state index is -0.0588. The van der Waals surface area contributed by atoms with Crippen LogP contribution in [-0.2, 0) is 4.79 Å². The Bertz CT molecular complexity index is 450. The standard InChI is InChI=1S/C18H28N2O/c1-14(2)16(15-7-5-4-6-8-15)17(21)20-13-18(3)9-11-19-12-10-18/h4-8,14,16,19H,9-13H2,1-3H3,(H,20,21). The fourth-order valence-corrected chi connectivity index (χ4v) is 3.12. The third-order valence-electron chi connectivity index (χ3n) is 4.61. The second-order valence-electron chi connectivity index (χ2n) is 6.91. The molecular weight excluding hydrogens is 260 g/mol. The lowest BCUT2D eigenvalue weighted by Crippen LogP contribution is -2.44. The van der Waals surface area contributed by atoms with Crippen LogP contribution >= 0.6 is 0 Å². The molecule has 3 heteroatoms. The van der Waals surface area contributed by atoms with Crippen LogP contribution in [0.25, 0.3) is 0 Å². The molecular formula is C18H28N2O. The third kappa shape index (κ3) is 4.31. The average Bonchev–Trinajstić information content (AvgIpc) is 2.47. The normalized spacial score (nSPS) is 19.2. The summed E-state index contributed by atoms with van der Waals surface area (Å²) in [4.78, 5) is 12.6. The number of nitrogens with one attached hydrogen (secondary N) is 2. The summed E-state index contributed by atoms with van der Waals surface area (Å²) in [6.07, 6.45) is 2.26. The number of carbonyl (C=O) groups is 1. The number of hydrogen-bond donors (Lipinski definition) is 2. The van der Waals surface area contributed by atoms with Crippen LogP contribution in [0.2, 0.25) is 0 Å². The van der Waals surface area contributed by atoms with Gasteiger partial charge in [-0.15, -0.1) is 0 Å². The number of rotatable bonds is 5. The molecule has 0 bridgehead atoms. The van der Waals surface area contributed by atoms with Gasteiger partial charge in [-0.05, 0) is 42.8 Å². The second kappa shape index (κ2) is 7.08. The highest BCUT2D eigenvalue weighted by molar-refractivity contribution is 5.83. The molecule has 2 rings (SSSR count). The average molecular weight is 288 g/mol. The van der Waals surface area contributed by atoms with Gasteiger partial charge in [0.1, 0.15) is 0 Å². The molecule has 0 spiro atoms. The Balaban J connectivity index is 1.99. The summed E-state index contributed by atoms with van der Waals surface area (Å²) in [7, 11) is 0. The molecule has 2 N–H and O–H groups in total. The van der Waals surface area contributed by atoms with Crippen molar-refractivity contribution in [2.45, 2.75) is 39.5 Å². The highest BCUT2D eigenvalue weighted by Gasteiger charge is 2.29. The van der Waals surface area contributed by atoms with E-state index in [9.17, 15) is 4.79 Å². The van der Waals surface area contributed by atoms with E-state index >= 15 is 0 Å². The molecule has 0 aromatic heterocycles. The van der Waals surface area contributed by atoms with Gasteiger partial charge in [-0.1, -0.05) is 51.1 Å². The molecule has 116 valence electrons. The third-order valence-corrected chi connectivity index (χ3v) is 4.61. The Morgan fingerprint density at radius 1 is 1.24 bits per heavy atom. The predicted molar refractivity (Wildman–Crippen MR) is 87.2 cm³/mol. The second-order valence-corrected chi connectivity index (χ2v) is 6.91. The molecule has 0 aliphatic carbocycles. The van der Waals surface area contributed by atoms with E-state index in [-0.39, 0.29) is 17.2 Å². The van der Waals surface area contributed by atoms with Gasteiger partial charge in [0.25, 0.3) is 0 Å². The largest absolute Gasteiger partial charge is 0.355 e. The van der Waals surface area contributed by atoms with Crippen molar-refractivity contribution in [2.24, 2.45) is 11.3 Å². The molecule has 1 amide bonds. The van der Waals surface area contributed by atoms with Gasteiger partial charge in [-0.25, -0.2) is 0 Å². The van der Waals surface area contributed by atoms with Crippen LogP contribution in [0.5, 0.6) is 0 Å². The molecule has 1 heterocycles. The highest BCUT2D eigenvalue weighted by Crippen LogP contribution is 2.28. The van der Waals surface area contributed by atoms with E-state index in [4.69, 9.17) is 0 Å². The molecule has 1 saturated heterocycles. The fraction of sp³-hybridized carbons (Fsp3) is 0.611. The Kier molecular flexibility index (Phi) is 5.40. The molecule has 1 fully saturated rings. The summed E-state index contributed by atoms with van der Waals surface area (Å²) >= 11 is 0. The summed E-state index contributed by atoms with van der Waals surface area (Å²) < 4.78 is 0. The van der Waals surface area contributed by atoms with E-state index in [0.717, 1.165) is 38.0 Å². The first kappa shape index (κ1) is 16.0. The van der Waals surface area contributed by atoms with Gasteiger partial charge in [-0.3, -0.25) is 4.79 Å². The quantitative estimate of drug-likeness (QED) is 0.874. The van der Waals surface area contributed by atoms with E-state index < -0.39 is 0 Å². The smallest absolute Gasteiger partial charge is 0.227 e. The molecule has 1 unspecified atom stereocenters. The topological polar surface area (TPSA) is 41.1 Å². The zero-order valence-electron chi connectivity index (χ0n) is 13.5. The number of carbonyl (C=O) groups excluding carboxylic acids is 1. The lowest BCUT2D eigenvalue weighted by Gasteiger charge is -2.35. The van der Waals surface area contributed by atoms with Gasteiger partial charge in [0, 0.05) is 6.54 Å². The van der Waals surface area contributed by atoms with Crippen molar-refractivity contribution in [3.8, 4) is 0 Å². The number of hydrogen-bond acceptors (Lipinski definition) is 2. The number of benzene rings is 1. The summed E-state index contributed by atoms with van der Waals surface area (Å²) in [5.41, 5.74) is 1.35. The van der Waals surface area contributed by atoms with Crippen LogP contribution in [0.4, 0.5) is 0 Å². The molecule has 0 saturated carbocycles. The molecule has 1 aromatic carbocycles. The van der Waals surface area contributed by atoms with Gasteiger partial charge in [0.05, 0.1) is 5.92 Å². The Morgan fingerprint density at radius 3 is 2.43 bits per heavy atom. The molecule has 0 radical (unpaired) electrons. The minimum absolute atomic E-state index is 0.0588. The van der Waals surface area contributed by atoms with Crippen molar-refractivity contribution < 1.29 is 4.79 Å². The lowest BCUT2D eigenvalue weighted by molar-refractivity contribution is -0.124. The number of piperidine rings is 1. The zero-order valence-corrected chi connectivity index (χ0v) is 13.5. The van der Waals surface area contributed by atoms with Crippen LogP contribution in [0.15, 0.2) is 30.3 Å². The lowest BCUT2D eigenvalue weighted by atomic mass is 9.80. The SMILES string of the molecule is CC(C)C(C(=O)NCC1(C)CCNCC1)c1ccccc1. The van der Waals surface area contributed by atoms with Gasteiger partial charge < -0.3 is 10.6 Å². The number of amides is 1. The maximum absolute atomic E-state index is 12.6. The van der Waals surface area contributed by atoms with E-state index in [2.05, 4.69) is 43.5 Å². The van der Waals surface area contributed by atoms with Crippen molar-refractivity contribution in [3.05, 3.63) is 35.9 Å². The first-order chi connectivity index (χ1) is 10.0. The van der Waals surface area contributed by atoms with Crippen molar-refractivity contribution in [1.82, 2.24) is 10.6 Å². The maximum Gasteiger partial charge on any atom is 0.227 e. The molecule has 1 aromatic rings. The van der Waals surface area contributed by atoms with Crippen molar-refractivity contribution >= 4 is 5.91 Å². The first-order valence-electron chi connectivity index (χ1n) is 8.05. The molecule has 1 atom stereocenters. The Labute approximate surface area is 128 Å². The fourth-order valence-electron chi connectivity index (χ4n) is 3.12. The minimum Gasteiger partial charge on any atom is -0.355 e. The van der Waals surface area contributed by atoms with Crippen LogP contribution in [0.1, 0.15) is 45.1 Å². The van der Waals surface area contributed by atoms with E-state index in [1.165, 1.54) is 0 Å². The Morgan fingerprint density at radius 2 is 1.86 bits per heavy atom. The summed E-state index contributed by atoms with van der Waals surface area (Å²) in [6.45, 7) is 9.40. The van der Waals surface area contributed by atoms with Crippen molar-refractivity contribution in [1.29, 1.82) is 0 Å². The van der Waals surface area contributed by atoms with E-state index in [1.807, 2.05) is 18.2 Å². The van der Waals surface area contributed by atoms with E-state index in [0.29, 0.717) is 5.92 Å². The summed E-state index contributed by atoms with van der Waals surface area (Å²) in [5.74, 6) is 0.403. The molecule has 21 heavy (non-hydrogen) atoms. The summed E-state index contributed by atoms with van der Waals surface area (Å²) in [5, 5.41) is 6.59.